The topological polar surface area (TPSA) is 583 Å². The summed E-state index contributed by atoms with van der Waals surface area (Å²) in [5, 5.41) is 93.9. The number of thioether (sulfide) groups is 1. The molecule has 0 unspecified atom stereocenters. The van der Waals surface area contributed by atoms with Crippen LogP contribution in [0.25, 0.3) is 0 Å². The van der Waals surface area contributed by atoms with Crippen LogP contribution in [0, 0.1) is 23.7 Å². The first-order valence-electron chi connectivity index (χ1n) is 40.1. The van der Waals surface area contributed by atoms with Crippen LogP contribution in [0.1, 0.15) is 149 Å². The van der Waals surface area contributed by atoms with Gasteiger partial charge in [0.2, 0.25) is 76.8 Å². The van der Waals surface area contributed by atoms with Gasteiger partial charge in [-0.1, -0.05) is 141 Å². The Bertz CT molecular complexity index is 3990. The van der Waals surface area contributed by atoms with Gasteiger partial charge in [0.15, 0.2) is 0 Å². The van der Waals surface area contributed by atoms with E-state index in [0.717, 1.165) is 6.92 Å². The molecule has 119 heavy (non-hydrogen) atoms. The summed E-state index contributed by atoms with van der Waals surface area (Å²) in [5.41, 5.74) is 19.2. The molecule has 4 aromatic rings. The number of hydrogen-bond donors (Lipinski definition) is 21. The first-order valence-corrected chi connectivity index (χ1v) is 41.5. The number of phenolic OH excluding ortho intramolecular Hbond substituents is 3. The number of aromatic hydroxyl groups is 3. The molecule has 0 saturated heterocycles. The highest BCUT2D eigenvalue weighted by atomic mass is 32.2. The van der Waals surface area contributed by atoms with E-state index in [2.05, 4.69) is 63.8 Å². The minimum absolute atomic E-state index is 0.000281. The normalized spacial score (nSPS) is 15.8. The number of aliphatic carboxylic acids is 1. The standard InChI is InChI=1S/C83H123N15O20S/c1-12-45(6)66(94-80(114)68(47(8)14-3)96-82(116)69(48(9)99)97-76(110)63(42-53-27-33-56(103)34-28-53)90-74(108)60(39-50-20-16-15-17-21-50)89-72(106)59(38-44(4)5)88-71(105)57(85)35-37-119-11)78(112)93-62(41-52-25-31-55(102)32-26-52)75(109)91-64(43-65(86)104)77(111)98-70(49(10)100)81(115)95-67(46(7)13-2)79(113)92-61(40-51-23-29-54(101)30-24-51)73(107)87-58(83(117)118)22-18-19-36-84/h15-17,20-21,23-34,44-49,57-64,66-70,99-103H,12-14,18-19,22,35-43,84-85H2,1-11H3,(H2,86,104)(H,87,107)(H,88,105)(H,89,106)(H,90,108)(H,91,109)(H,92,113)(H,93,112)(H,94,114)(H,95,115)(H,96,116)(H,97,110)(H,98,111)(H,117,118)/t45-,46-,47-,48+,49+,57-,58-,59-,60-,61-,62-,63-,64-,66-,67-,68-,69-,70-/m0/s1. The largest absolute Gasteiger partial charge is 0.508 e. The van der Waals surface area contributed by atoms with Crippen LogP contribution in [0.4, 0.5) is 0 Å². The zero-order chi connectivity index (χ0) is 88.9. The summed E-state index contributed by atoms with van der Waals surface area (Å²) < 4.78 is 0. The second kappa shape index (κ2) is 50.7. The van der Waals surface area contributed by atoms with Gasteiger partial charge in [-0.05, 0) is 147 Å². The average Bonchev–Trinajstić information content (AvgIpc) is 0.839. The average molecular weight is 1680 g/mol. The molecule has 0 fully saturated rings. The number of carboxylic acids is 1. The van der Waals surface area contributed by atoms with Crippen molar-refractivity contribution in [1.29, 1.82) is 0 Å². The number of nitrogens with one attached hydrogen (secondary N) is 12. The third-order valence-electron chi connectivity index (χ3n) is 20.4. The van der Waals surface area contributed by atoms with Gasteiger partial charge in [-0.15, -0.1) is 0 Å². The van der Waals surface area contributed by atoms with Gasteiger partial charge in [-0.25, -0.2) is 4.79 Å². The number of aliphatic hydroxyl groups is 2. The Kier molecular flexibility index (Phi) is 42.8. The SMILES string of the molecule is CC[C@H](C)[C@H](NC(=O)[C@@H](NC(=O)[C@H](CC(N)=O)NC(=O)[C@H](Cc1ccc(O)cc1)NC(=O)[C@@H](NC(=O)[C@@H](NC(=O)[C@@H](NC(=O)[C@H](Cc1ccc(O)cc1)NC(=O)[C@H](Cc1ccccc1)NC(=O)[C@H](CC(C)C)NC(=O)[C@@H](N)CCSC)[C@@H](C)O)[C@@H](C)CC)[C@@H](C)CC)[C@@H](C)O)C(=O)N[C@@H](Cc1ccc(O)cc1)C(=O)N[C@@H](CCCCN)C(=O)O. The number of phenols is 3. The van der Waals surface area contributed by atoms with Crippen LogP contribution in [-0.2, 0) is 92.8 Å². The van der Waals surface area contributed by atoms with Crippen LogP contribution in [-0.4, -0.2) is 223 Å². The van der Waals surface area contributed by atoms with Crippen LogP contribution >= 0.6 is 11.8 Å². The predicted octanol–water partition coefficient (Wildman–Crippen LogP) is 0.00700. The number of aliphatic hydroxyl groups excluding tert-OH is 2. The van der Waals surface area contributed by atoms with Crippen LogP contribution < -0.4 is 81.0 Å². The fraction of sp³-hybridized carbons (Fsp3) is 0.542. The van der Waals surface area contributed by atoms with Crippen molar-refractivity contribution in [2.75, 3.05) is 18.6 Å². The molecule has 35 nitrogen and oxygen atoms in total. The van der Waals surface area contributed by atoms with Crippen molar-refractivity contribution in [2.45, 2.75) is 243 Å². The van der Waals surface area contributed by atoms with Crippen molar-refractivity contribution in [3.63, 3.8) is 0 Å². The Morgan fingerprint density at radius 2 is 0.664 bits per heavy atom. The lowest BCUT2D eigenvalue weighted by Gasteiger charge is -2.32. The summed E-state index contributed by atoms with van der Waals surface area (Å²) in [4.78, 5) is 199. The van der Waals surface area contributed by atoms with Crippen molar-refractivity contribution >= 4 is 94.5 Å². The van der Waals surface area contributed by atoms with Crippen molar-refractivity contribution in [3.05, 3.63) is 125 Å². The first-order chi connectivity index (χ1) is 56.2. The molecule has 36 heteroatoms. The Balaban J connectivity index is 1.65. The van der Waals surface area contributed by atoms with E-state index < -0.39 is 204 Å². The summed E-state index contributed by atoms with van der Waals surface area (Å²) in [7, 11) is 0. The number of primary amides is 1. The maximum Gasteiger partial charge on any atom is 0.326 e. The smallest absolute Gasteiger partial charge is 0.326 e. The van der Waals surface area contributed by atoms with E-state index in [4.69, 9.17) is 17.2 Å². The van der Waals surface area contributed by atoms with E-state index >= 15 is 0 Å². The van der Waals surface area contributed by atoms with Gasteiger partial charge in [-0.2, -0.15) is 11.8 Å². The molecule has 0 aliphatic heterocycles. The number of unbranched alkanes of at least 4 members (excludes halogenated alkanes) is 1. The number of amides is 13. The van der Waals surface area contributed by atoms with Crippen molar-refractivity contribution in [1.82, 2.24) is 63.8 Å². The highest BCUT2D eigenvalue weighted by Gasteiger charge is 2.41. The van der Waals surface area contributed by atoms with Gasteiger partial charge in [0, 0.05) is 25.7 Å². The molecule has 18 atom stereocenters. The molecule has 0 aliphatic carbocycles. The highest BCUT2D eigenvalue weighted by molar-refractivity contribution is 7.98. The number of carboxylic acid groups (broad SMARTS) is 1. The molecule has 0 heterocycles. The number of carbonyl (C=O) groups is 14. The zero-order valence-electron chi connectivity index (χ0n) is 69.4. The molecule has 0 bridgehead atoms. The van der Waals surface area contributed by atoms with Gasteiger partial charge in [-0.3, -0.25) is 62.3 Å². The van der Waals surface area contributed by atoms with Crippen molar-refractivity contribution in [3.8, 4) is 17.2 Å². The van der Waals surface area contributed by atoms with E-state index in [1.165, 1.54) is 91.5 Å². The number of rotatable bonds is 52. The third kappa shape index (κ3) is 34.1. The van der Waals surface area contributed by atoms with E-state index in [1.807, 2.05) is 20.1 Å². The van der Waals surface area contributed by atoms with Gasteiger partial charge in [0.25, 0.3) is 0 Å². The third-order valence-corrected chi connectivity index (χ3v) is 21.0. The highest BCUT2D eigenvalue weighted by Crippen LogP contribution is 2.21. The lowest BCUT2D eigenvalue weighted by molar-refractivity contribution is -0.142. The van der Waals surface area contributed by atoms with Crippen LogP contribution in [0.5, 0.6) is 17.2 Å². The molecule has 4 rings (SSSR count). The summed E-state index contributed by atoms with van der Waals surface area (Å²) in [6, 6.07) is 5.24. The number of carbonyl (C=O) groups excluding carboxylic acids is 13. The Hall–Kier alpha value is -10.9. The number of benzene rings is 4. The molecule has 4 aromatic carbocycles. The molecule has 0 aliphatic rings. The fourth-order valence-electron chi connectivity index (χ4n) is 12.6. The Morgan fingerprint density at radius 3 is 0.992 bits per heavy atom. The maximum atomic E-state index is 15.0. The summed E-state index contributed by atoms with van der Waals surface area (Å²) >= 11 is 1.49. The summed E-state index contributed by atoms with van der Waals surface area (Å²) in [5.74, 6) is -16.5. The van der Waals surface area contributed by atoms with E-state index in [9.17, 15) is 97.8 Å². The molecule has 13 amide bonds. The first kappa shape index (κ1) is 100. The molecule has 0 aromatic heterocycles. The van der Waals surface area contributed by atoms with E-state index in [0.29, 0.717) is 47.3 Å². The van der Waals surface area contributed by atoms with Gasteiger partial charge < -0.3 is 112 Å². The molecule has 0 radical (unpaired) electrons. The number of hydrogen-bond acceptors (Lipinski definition) is 22. The molecular weight excluding hydrogens is 1560 g/mol. The van der Waals surface area contributed by atoms with E-state index in [-0.39, 0.29) is 81.1 Å². The maximum absolute atomic E-state index is 15.0. The molecule has 24 N–H and O–H groups in total. The minimum Gasteiger partial charge on any atom is -0.508 e. The van der Waals surface area contributed by atoms with E-state index in [1.54, 1.807) is 71.9 Å². The van der Waals surface area contributed by atoms with Crippen LogP contribution in [0.15, 0.2) is 103 Å². The lowest BCUT2D eigenvalue weighted by atomic mass is 9.94. The molecule has 656 valence electrons. The summed E-state index contributed by atoms with van der Waals surface area (Å²) in [6.45, 7) is 16.1. The van der Waals surface area contributed by atoms with Crippen molar-refractivity contribution < 1.29 is 97.8 Å². The Labute approximate surface area is 698 Å². The monoisotopic (exact) mass is 1680 g/mol. The quantitative estimate of drug-likeness (QED) is 0.0259. The lowest BCUT2D eigenvalue weighted by Crippen LogP contribution is -2.64. The van der Waals surface area contributed by atoms with Gasteiger partial charge in [0.05, 0.1) is 24.7 Å². The molecule has 0 spiro atoms. The molecular formula is C83H123N15O20S. The van der Waals surface area contributed by atoms with Crippen molar-refractivity contribution in [2.24, 2.45) is 40.9 Å². The van der Waals surface area contributed by atoms with Crippen LogP contribution in [0.2, 0.25) is 0 Å². The zero-order valence-corrected chi connectivity index (χ0v) is 70.2. The minimum atomic E-state index is -1.97. The Morgan fingerprint density at radius 1 is 0.370 bits per heavy atom. The molecule has 0 saturated carbocycles. The second-order valence-corrected chi connectivity index (χ2v) is 31.6. The number of nitrogens with two attached hydrogens (primary N) is 3. The van der Waals surface area contributed by atoms with Gasteiger partial charge >= 0.3 is 5.97 Å². The van der Waals surface area contributed by atoms with Gasteiger partial charge in [0.1, 0.15) is 89.8 Å². The predicted molar refractivity (Wildman–Crippen MR) is 445 cm³/mol. The van der Waals surface area contributed by atoms with Crippen LogP contribution in [0.3, 0.4) is 0 Å². The summed E-state index contributed by atoms with van der Waals surface area (Å²) in [6.07, 6.45) is -1.71. The second-order valence-electron chi connectivity index (χ2n) is 30.6. The fourth-order valence-corrected chi connectivity index (χ4v) is 13.1.